The Labute approximate surface area is 90.8 Å². The van der Waals surface area contributed by atoms with Crippen LogP contribution in [0, 0.1) is 5.41 Å². The van der Waals surface area contributed by atoms with Crippen molar-refractivity contribution in [1.82, 2.24) is 10.6 Å². The zero-order valence-corrected chi connectivity index (χ0v) is 9.89. The average Bonchev–Trinajstić information content (AvgIpc) is 2.17. The molecular formula is C10H21N3O2. The Morgan fingerprint density at radius 3 is 2.33 bits per heavy atom. The molecule has 0 rings (SSSR count). The fraction of sp³-hybridized carbons (Fsp3) is 0.800. The summed E-state index contributed by atoms with van der Waals surface area (Å²) < 4.78 is 0. The summed E-state index contributed by atoms with van der Waals surface area (Å²) in [5.74, 6) is -0.387. The van der Waals surface area contributed by atoms with Gasteiger partial charge in [0.15, 0.2) is 0 Å². The van der Waals surface area contributed by atoms with E-state index >= 15 is 0 Å². The number of carbonyl (C=O) groups is 2. The lowest BCUT2D eigenvalue weighted by molar-refractivity contribution is -0.133. The molecule has 0 aromatic carbocycles. The summed E-state index contributed by atoms with van der Waals surface area (Å²) in [5, 5.41) is 5.26. The minimum Gasteiger partial charge on any atom is -0.355 e. The van der Waals surface area contributed by atoms with Gasteiger partial charge in [0.1, 0.15) is 6.04 Å². The Bertz CT molecular complexity index is 239. The fourth-order valence-corrected chi connectivity index (χ4v) is 0.878. The lowest BCUT2D eigenvalue weighted by Gasteiger charge is -2.23. The van der Waals surface area contributed by atoms with Gasteiger partial charge in [-0.3, -0.25) is 9.59 Å². The van der Waals surface area contributed by atoms with Crippen LogP contribution >= 0.6 is 0 Å². The summed E-state index contributed by atoms with van der Waals surface area (Å²) >= 11 is 0. The molecule has 2 amide bonds. The van der Waals surface area contributed by atoms with Gasteiger partial charge < -0.3 is 16.4 Å². The molecule has 0 heterocycles. The Hall–Kier alpha value is -1.10. The topological polar surface area (TPSA) is 84.2 Å². The third kappa shape index (κ3) is 4.29. The van der Waals surface area contributed by atoms with Crippen molar-refractivity contribution in [2.45, 2.75) is 33.7 Å². The molecule has 5 nitrogen and oxygen atoms in total. The van der Waals surface area contributed by atoms with Crippen molar-refractivity contribution >= 4 is 11.8 Å². The zero-order valence-electron chi connectivity index (χ0n) is 9.89. The highest BCUT2D eigenvalue weighted by molar-refractivity contribution is 5.89. The van der Waals surface area contributed by atoms with Gasteiger partial charge in [-0.1, -0.05) is 0 Å². The van der Waals surface area contributed by atoms with Crippen LogP contribution in [0.2, 0.25) is 0 Å². The second-order valence-electron chi connectivity index (χ2n) is 4.18. The molecule has 0 bridgehead atoms. The molecule has 0 fully saturated rings. The number of rotatable bonds is 5. The number of likely N-dealkylation sites (N-methyl/N-ethyl adjacent to an activating group) is 1. The van der Waals surface area contributed by atoms with E-state index in [-0.39, 0.29) is 18.4 Å². The highest BCUT2D eigenvalue weighted by Gasteiger charge is 2.28. The number of hydrogen-bond acceptors (Lipinski definition) is 3. The largest absolute Gasteiger partial charge is 0.355 e. The first-order valence-corrected chi connectivity index (χ1v) is 5.14. The number of amides is 2. The number of carbonyl (C=O) groups excluding carboxylic acids is 2. The minimum atomic E-state index is -0.638. The molecule has 1 atom stereocenters. The van der Waals surface area contributed by atoms with Crippen molar-refractivity contribution in [3.8, 4) is 0 Å². The Morgan fingerprint density at radius 2 is 1.93 bits per heavy atom. The van der Waals surface area contributed by atoms with Gasteiger partial charge in [0, 0.05) is 13.1 Å². The maximum Gasteiger partial charge on any atom is 0.242 e. The highest BCUT2D eigenvalue weighted by Crippen LogP contribution is 2.12. The summed E-state index contributed by atoms with van der Waals surface area (Å²) in [5.41, 5.74) is 4.82. The van der Waals surface area contributed by atoms with Crippen molar-refractivity contribution in [2.24, 2.45) is 11.1 Å². The van der Waals surface area contributed by atoms with E-state index in [4.69, 9.17) is 5.73 Å². The van der Waals surface area contributed by atoms with Crippen LogP contribution in [0.3, 0.4) is 0 Å². The first-order valence-electron chi connectivity index (χ1n) is 5.14. The molecule has 0 aromatic rings. The van der Waals surface area contributed by atoms with Crippen molar-refractivity contribution in [3.63, 3.8) is 0 Å². The maximum absolute atomic E-state index is 11.6. The van der Waals surface area contributed by atoms with E-state index in [9.17, 15) is 9.59 Å². The van der Waals surface area contributed by atoms with Crippen LogP contribution in [-0.4, -0.2) is 30.9 Å². The van der Waals surface area contributed by atoms with Crippen LogP contribution in [0.1, 0.15) is 27.7 Å². The van der Waals surface area contributed by atoms with E-state index in [0.29, 0.717) is 6.54 Å². The average molecular weight is 215 g/mol. The molecule has 0 aliphatic carbocycles. The van der Waals surface area contributed by atoms with Crippen molar-refractivity contribution in [3.05, 3.63) is 0 Å². The molecule has 0 saturated carbocycles. The molecule has 1 unspecified atom stereocenters. The summed E-state index contributed by atoms with van der Waals surface area (Å²) in [6.45, 7) is 7.77. The molecule has 0 aromatic heterocycles. The van der Waals surface area contributed by atoms with E-state index in [1.165, 1.54) is 0 Å². The quantitative estimate of drug-likeness (QED) is 0.584. The standard InChI is InChI=1S/C10H21N3O2/c1-5-12-8(14)7(2)13-9(15)10(3,4)6-11/h7H,5-6,11H2,1-4H3,(H,12,14)(H,13,15). The van der Waals surface area contributed by atoms with Crippen molar-refractivity contribution in [1.29, 1.82) is 0 Å². The Balaban J connectivity index is 4.24. The van der Waals surface area contributed by atoms with E-state index in [0.717, 1.165) is 0 Å². The second-order valence-corrected chi connectivity index (χ2v) is 4.18. The van der Waals surface area contributed by atoms with Gasteiger partial charge in [-0.05, 0) is 27.7 Å². The van der Waals surface area contributed by atoms with Gasteiger partial charge in [0.05, 0.1) is 5.41 Å². The van der Waals surface area contributed by atoms with Crippen molar-refractivity contribution in [2.75, 3.05) is 13.1 Å². The smallest absolute Gasteiger partial charge is 0.242 e. The van der Waals surface area contributed by atoms with Crippen molar-refractivity contribution < 1.29 is 9.59 Å². The Kier molecular flexibility index (Phi) is 5.28. The monoisotopic (exact) mass is 215 g/mol. The molecule has 0 saturated heterocycles. The van der Waals surface area contributed by atoms with Gasteiger partial charge in [0.2, 0.25) is 11.8 Å². The number of nitrogens with two attached hydrogens (primary N) is 1. The predicted molar refractivity (Wildman–Crippen MR) is 59.1 cm³/mol. The van der Waals surface area contributed by atoms with Gasteiger partial charge in [-0.25, -0.2) is 0 Å². The molecule has 0 radical (unpaired) electrons. The molecule has 0 spiro atoms. The molecular weight excluding hydrogens is 194 g/mol. The minimum absolute atomic E-state index is 0.182. The van der Waals surface area contributed by atoms with Gasteiger partial charge in [-0.2, -0.15) is 0 Å². The van der Waals surface area contributed by atoms with Crippen LogP contribution in [0.25, 0.3) is 0 Å². The normalized spacial score (nSPS) is 13.1. The summed E-state index contributed by atoms with van der Waals surface area (Å²) in [7, 11) is 0. The Morgan fingerprint density at radius 1 is 1.40 bits per heavy atom. The van der Waals surface area contributed by atoms with Gasteiger partial charge in [0.25, 0.3) is 0 Å². The number of hydrogen-bond donors (Lipinski definition) is 3. The van der Waals surface area contributed by atoms with E-state index < -0.39 is 11.5 Å². The molecule has 4 N–H and O–H groups in total. The second kappa shape index (κ2) is 5.70. The SMILES string of the molecule is CCNC(=O)C(C)NC(=O)C(C)(C)CN. The first-order chi connectivity index (χ1) is 6.85. The highest BCUT2D eigenvalue weighted by atomic mass is 16.2. The number of nitrogens with one attached hydrogen (secondary N) is 2. The van der Waals surface area contributed by atoms with Crippen LogP contribution in [0.5, 0.6) is 0 Å². The third-order valence-corrected chi connectivity index (χ3v) is 2.22. The maximum atomic E-state index is 11.6. The molecule has 88 valence electrons. The van der Waals surface area contributed by atoms with E-state index in [2.05, 4.69) is 10.6 Å². The molecule has 0 aliphatic rings. The van der Waals surface area contributed by atoms with Crippen LogP contribution in [0.4, 0.5) is 0 Å². The molecule has 15 heavy (non-hydrogen) atoms. The summed E-state index contributed by atoms with van der Waals surface area (Å²) in [6.07, 6.45) is 0. The van der Waals surface area contributed by atoms with Gasteiger partial charge >= 0.3 is 0 Å². The van der Waals surface area contributed by atoms with Crippen LogP contribution < -0.4 is 16.4 Å². The summed E-state index contributed by atoms with van der Waals surface area (Å²) in [6, 6.07) is -0.525. The van der Waals surface area contributed by atoms with E-state index in [1.807, 2.05) is 6.92 Å². The predicted octanol–water partition coefficient (Wildman–Crippen LogP) is -0.388. The van der Waals surface area contributed by atoms with Crippen LogP contribution in [-0.2, 0) is 9.59 Å². The third-order valence-electron chi connectivity index (χ3n) is 2.22. The fourth-order valence-electron chi connectivity index (χ4n) is 0.878. The first kappa shape index (κ1) is 13.9. The van der Waals surface area contributed by atoms with Gasteiger partial charge in [-0.15, -0.1) is 0 Å². The molecule has 0 aliphatic heterocycles. The zero-order chi connectivity index (χ0) is 12.1. The van der Waals surface area contributed by atoms with E-state index in [1.54, 1.807) is 20.8 Å². The summed E-state index contributed by atoms with van der Waals surface area (Å²) in [4.78, 5) is 23.0. The van der Waals surface area contributed by atoms with Crippen LogP contribution in [0.15, 0.2) is 0 Å². The lowest BCUT2D eigenvalue weighted by Crippen LogP contribution is -2.50. The molecule has 5 heteroatoms. The lowest BCUT2D eigenvalue weighted by atomic mass is 9.92.